The van der Waals surface area contributed by atoms with Crippen molar-refractivity contribution in [2.75, 3.05) is 0 Å². The number of hydrogen-bond acceptors (Lipinski definition) is 6. The van der Waals surface area contributed by atoms with E-state index in [0.29, 0.717) is 23.1 Å². The lowest BCUT2D eigenvalue weighted by Crippen LogP contribution is -2.15. The second-order valence-electron chi connectivity index (χ2n) is 3.93. The first-order chi connectivity index (χ1) is 9.06. The van der Waals surface area contributed by atoms with Crippen LogP contribution in [0.3, 0.4) is 0 Å². The van der Waals surface area contributed by atoms with Gasteiger partial charge in [0.1, 0.15) is 5.52 Å². The van der Waals surface area contributed by atoms with Crippen molar-refractivity contribution in [1.82, 2.24) is 4.98 Å². The third-order valence-electron chi connectivity index (χ3n) is 2.35. The molecule has 19 heavy (non-hydrogen) atoms. The smallest absolute Gasteiger partial charge is 0.321 e. The van der Waals surface area contributed by atoms with E-state index in [1.807, 2.05) is 12.1 Å². The molecule has 1 aromatic carbocycles. The van der Waals surface area contributed by atoms with Gasteiger partial charge in [0.05, 0.1) is 12.3 Å². The zero-order valence-electron chi connectivity index (χ0n) is 10.0. The van der Waals surface area contributed by atoms with Crippen molar-refractivity contribution >= 4 is 35.1 Å². The Morgan fingerprint density at radius 1 is 1.47 bits per heavy atom. The van der Waals surface area contributed by atoms with E-state index in [-0.39, 0.29) is 11.6 Å². The van der Waals surface area contributed by atoms with E-state index in [4.69, 9.17) is 13.7 Å². The van der Waals surface area contributed by atoms with Crippen LogP contribution < -0.4 is 0 Å². The molecule has 0 amide bonds. The van der Waals surface area contributed by atoms with Crippen molar-refractivity contribution in [2.45, 2.75) is 18.6 Å². The summed E-state index contributed by atoms with van der Waals surface area (Å²) in [6.07, 6.45) is -0.271. The van der Waals surface area contributed by atoms with Crippen LogP contribution in [-0.4, -0.2) is 22.0 Å². The number of carbonyl (C=O) groups is 2. The molecule has 0 spiro atoms. The Balaban J connectivity index is 1.94. The Bertz CT molecular complexity index is 576. The van der Waals surface area contributed by atoms with Gasteiger partial charge in [-0.2, -0.15) is 0 Å². The van der Waals surface area contributed by atoms with Crippen LogP contribution >= 0.6 is 12.0 Å². The maximum Gasteiger partial charge on any atom is 0.321 e. The molecule has 1 unspecified atom stereocenters. The highest BCUT2D eigenvalue weighted by atomic mass is 32.2. The highest BCUT2D eigenvalue weighted by Crippen LogP contribution is 2.25. The third kappa shape index (κ3) is 3.47. The first kappa shape index (κ1) is 13.4. The first-order valence-corrected chi connectivity index (χ1v) is 6.26. The van der Waals surface area contributed by atoms with Gasteiger partial charge in [0.15, 0.2) is 17.6 Å². The number of carbonyl (C=O) groups excluding carboxylic acids is 1. The van der Waals surface area contributed by atoms with Crippen LogP contribution in [0.2, 0.25) is 0 Å². The van der Waals surface area contributed by atoms with E-state index in [1.54, 1.807) is 12.1 Å². The van der Waals surface area contributed by atoms with Crippen LogP contribution in [0.15, 0.2) is 33.9 Å². The average molecular weight is 281 g/mol. The van der Waals surface area contributed by atoms with Gasteiger partial charge in [0, 0.05) is 0 Å². The Labute approximate surface area is 113 Å². The number of aliphatic carboxylic acids is 1. The predicted molar refractivity (Wildman–Crippen MR) is 67.4 cm³/mol. The van der Waals surface area contributed by atoms with Crippen molar-refractivity contribution in [3.63, 3.8) is 0 Å². The largest absolute Gasteiger partial charge is 0.481 e. The minimum atomic E-state index is -1.05. The van der Waals surface area contributed by atoms with Gasteiger partial charge < -0.3 is 13.7 Å². The summed E-state index contributed by atoms with van der Waals surface area (Å²) in [6, 6.07) is 7.15. The maximum absolute atomic E-state index is 11.5. The first-order valence-electron chi connectivity index (χ1n) is 5.52. The molecule has 1 atom stereocenters. The number of fused-ring (bicyclic) bond motifs is 1. The molecule has 0 fully saturated rings. The number of oxazole rings is 1. The number of hydrogen-bond donors (Lipinski definition) is 1. The van der Waals surface area contributed by atoms with Crippen LogP contribution in [0.4, 0.5) is 0 Å². The van der Waals surface area contributed by atoms with Crippen LogP contribution in [0.1, 0.15) is 13.3 Å². The van der Waals surface area contributed by atoms with Gasteiger partial charge in [-0.3, -0.25) is 9.59 Å². The topological polar surface area (TPSA) is 89.6 Å². The van der Waals surface area contributed by atoms with Crippen LogP contribution in [-0.2, 0) is 13.8 Å². The minimum absolute atomic E-state index is 0.206. The van der Waals surface area contributed by atoms with Gasteiger partial charge in [-0.05, 0) is 12.1 Å². The molecule has 0 saturated carbocycles. The van der Waals surface area contributed by atoms with E-state index in [0.717, 1.165) is 0 Å². The van der Waals surface area contributed by atoms with Crippen molar-refractivity contribution in [1.29, 1.82) is 0 Å². The van der Waals surface area contributed by atoms with E-state index < -0.39 is 17.9 Å². The Kier molecular flexibility index (Phi) is 4.06. The average Bonchev–Trinajstić information content (AvgIpc) is 2.77. The molecule has 0 aliphatic rings. The molecule has 0 aliphatic heterocycles. The zero-order chi connectivity index (χ0) is 13.8. The van der Waals surface area contributed by atoms with E-state index >= 15 is 0 Å². The number of aromatic nitrogens is 1. The maximum atomic E-state index is 11.5. The van der Waals surface area contributed by atoms with Crippen LogP contribution in [0.25, 0.3) is 11.1 Å². The standard InChI is InChI=1S/C12H11NO5S/c1-7(6-10(14)15)11(16)18-19-12-13-8-4-2-3-5-9(8)17-12/h2-5,7H,6H2,1H3,(H,14,15). The summed E-state index contributed by atoms with van der Waals surface area (Å²) in [7, 11) is 0. The van der Waals surface area contributed by atoms with Gasteiger partial charge in [-0.25, -0.2) is 4.98 Å². The normalized spacial score (nSPS) is 12.3. The lowest BCUT2D eigenvalue weighted by molar-refractivity contribution is -0.145. The van der Waals surface area contributed by atoms with Crippen molar-refractivity contribution in [3.05, 3.63) is 24.3 Å². The van der Waals surface area contributed by atoms with Crippen molar-refractivity contribution in [2.24, 2.45) is 5.92 Å². The molecular formula is C12H11NO5S. The second kappa shape index (κ2) is 5.75. The molecular weight excluding hydrogens is 270 g/mol. The summed E-state index contributed by atoms with van der Waals surface area (Å²) in [5.74, 6) is -2.37. The molecule has 100 valence electrons. The lowest BCUT2D eigenvalue weighted by atomic mass is 10.1. The van der Waals surface area contributed by atoms with Crippen molar-refractivity contribution < 1.29 is 23.3 Å². The Hall–Kier alpha value is -2.02. The highest BCUT2D eigenvalue weighted by Gasteiger charge is 2.20. The molecule has 2 aromatic rings. The monoisotopic (exact) mass is 281 g/mol. The zero-order valence-corrected chi connectivity index (χ0v) is 10.8. The number of carboxylic acids is 1. The van der Waals surface area contributed by atoms with Crippen LogP contribution in [0, 0.1) is 5.92 Å². The number of nitrogens with zero attached hydrogens (tertiary/aromatic N) is 1. The fourth-order valence-electron chi connectivity index (χ4n) is 1.39. The minimum Gasteiger partial charge on any atom is -0.481 e. The summed E-state index contributed by atoms with van der Waals surface area (Å²) >= 11 is 0.689. The molecule has 0 saturated heterocycles. The predicted octanol–water partition coefficient (Wildman–Crippen LogP) is 2.49. The third-order valence-corrected chi connectivity index (χ3v) is 2.92. The molecule has 0 bridgehead atoms. The second-order valence-corrected chi connectivity index (χ2v) is 4.61. The highest BCUT2D eigenvalue weighted by molar-refractivity contribution is 7.94. The summed E-state index contributed by atoms with van der Waals surface area (Å²) in [5.41, 5.74) is 1.26. The molecule has 1 N–H and O–H groups in total. The number of carboxylic acid groups (broad SMARTS) is 1. The van der Waals surface area contributed by atoms with Gasteiger partial charge >= 0.3 is 11.9 Å². The fourth-order valence-corrected chi connectivity index (χ4v) is 1.97. The van der Waals surface area contributed by atoms with Gasteiger partial charge in [-0.15, -0.1) is 0 Å². The fraction of sp³-hybridized carbons (Fsp3) is 0.250. The summed E-state index contributed by atoms with van der Waals surface area (Å²) in [6.45, 7) is 1.49. The summed E-state index contributed by atoms with van der Waals surface area (Å²) < 4.78 is 10.2. The lowest BCUT2D eigenvalue weighted by Gasteiger charge is -2.05. The number of para-hydroxylation sites is 2. The van der Waals surface area contributed by atoms with Crippen LogP contribution in [0.5, 0.6) is 0 Å². The molecule has 0 radical (unpaired) electrons. The van der Waals surface area contributed by atoms with E-state index in [2.05, 4.69) is 4.98 Å². The summed E-state index contributed by atoms with van der Waals surface area (Å²) in [4.78, 5) is 26.1. The van der Waals surface area contributed by atoms with E-state index in [9.17, 15) is 9.59 Å². The molecule has 1 aromatic heterocycles. The Morgan fingerprint density at radius 2 is 2.21 bits per heavy atom. The molecule has 1 heterocycles. The van der Waals surface area contributed by atoms with E-state index in [1.165, 1.54) is 6.92 Å². The van der Waals surface area contributed by atoms with Crippen molar-refractivity contribution in [3.8, 4) is 0 Å². The summed E-state index contributed by atoms with van der Waals surface area (Å²) in [5, 5.41) is 8.77. The number of rotatable bonds is 5. The number of benzene rings is 1. The SMILES string of the molecule is CC(CC(=O)O)C(=O)OSc1nc2ccccc2o1. The molecule has 7 heteroatoms. The Morgan fingerprint density at radius 3 is 2.89 bits per heavy atom. The molecule has 0 aliphatic carbocycles. The van der Waals surface area contributed by atoms with Gasteiger partial charge in [0.2, 0.25) is 0 Å². The van der Waals surface area contributed by atoms with Gasteiger partial charge in [-0.1, -0.05) is 19.1 Å². The quantitative estimate of drug-likeness (QED) is 0.842. The molecule has 6 nitrogen and oxygen atoms in total. The van der Waals surface area contributed by atoms with Gasteiger partial charge in [0.25, 0.3) is 5.22 Å². The molecule has 2 rings (SSSR count).